The van der Waals surface area contributed by atoms with Gasteiger partial charge in [-0.1, -0.05) is 6.92 Å². The lowest BCUT2D eigenvalue weighted by Gasteiger charge is -2.47. The highest BCUT2D eigenvalue weighted by atomic mass is 16.5. The summed E-state index contributed by atoms with van der Waals surface area (Å²) < 4.78 is 10.0. The van der Waals surface area contributed by atoms with Crippen LogP contribution < -0.4 is 0 Å². The van der Waals surface area contributed by atoms with Crippen LogP contribution >= 0.6 is 0 Å². The average Bonchev–Trinajstić information content (AvgIpc) is 2.59. The third-order valence-corrected chi connectivity index (χ3v) is 4.25. The third-order valence-electron chi connectivity index (χ3n) is 4.25. The molecular weight excluding hydrogens is 234 g/mol. The third kappa shape index (κ3) is 1.50. The molecule has 5 nitrogen and oxygen atoms in total. The highest BCUT2D eigenvalue weighted by Gasteiger charge is 2.59. The molecule has 0 saturated carbocycles. The molecule has 0 bridgehead atoms. The van der Waals surface area contributed by atoms with Gasteiger partial charge in [-0.05, 0) is 19.4 Å². The molecule has 1 amide bonds. The van der Waals surface area contributed by atoms with Crippen LogP contribution in [0.5, 0.6) is 0 Å². The van der Waals surface area contributed by atoms with Crippen molar-refractivity contribution in [1.29, 1.82) is 0 Å². The number of fused-ring (bicyclic) bond motifs is 1. The van der Waals surface area contributed by atoms with E-state index in [1.165, 1.54) is 7.11 Å². The van der Waals surface area contributed by atoms with E-state index in [2.05, 4.69) is 0 Å². The lowest BCUT2D eigenvalue weighted by molar-refractivity contribution is -0.165. The van der Waals surface area contributed by atoms with Crippen LogP contribution in [0, 0.1) is 11.8 Å². The van der Waals surface area contributed by atoms with E-state index >= 15 is 0 Å². The zero-order chi connectivity index (χ0) is 13.6. The topological polar surface area (TPSA) is 55.8 Å². The minimum Gasteiger partial charge on any atom is -0.464 e. The first-order valence-corrected chi connectivity index (χ1v) is 6.10. The van der Waals surface area contributed by atoms with E-state index in [0.29, 0.717) is 5.70 Å². The summed E-state index contributed by atoms with van der Waals surface area (Å²) in [4.78, 5) is 25.5. The number of hydrogen-bond acceptors (Lipinski definition) is 4. The molecule has 0 N–H and O–H groups in total. The number of amides is 1. The molecule has 0 aromatic rings. The molecule has 0 aromatic heterocycles. The Morgan fingerprint density at radius 3 is 2.50 bits per heavy atom. The second-order valence-corrected chi connectivity index (χ2v) is 4.98. The van der Waals surface area contributed by atoms with Gasteiger partial charge in [-0.25, -0.2) is 4.79 Å². The fourth-order valence-corrected chi connectivity index (χ4v) is 2.97. The molecule has 0 radical (unpaired) electrons. The number of carbonyl (C=O) groups is 2. The van der Waals surface area contributed by atoms with Crippen LogP contribution in [0.3, 0.4) is 0 Å². The Morgan fingerprint density at radius 2 is 2.00 bits per heavy atom. The summed E-state index contributed by atoms with van der Waals surface area (Å²) in [5.41, 5.74) is 1.34. The maximum Gasteiger partial charge on any atom is 0.354 e. The Morgan fingerprint density at radius 1 is 1.39 bits per heavy atom. The van der Waals surface area contributed by atoms with Crippen LogP contribution in [0.2, 0.25) is 0 Å². The van der Waals surface area contributed by atoms with E-state index in [1.807, 2.05) is 20.8 Å². The maximum absolute atomic E-state index is 12.2. The van der Waals surface area contributed by atoms with E-state index in [9.17, 15) is 9.59 Å². The molecule has 1 fully saturated rings. The molecule has 1 saturated heterocycles. The molecule has 0 aliphatic carbocycles. The highest BCUT2D eigenvalue weighted by molar-refractivity contribution is 6.00. The van der Waals surface area contributed by atoms with Crippen molar-refractivity contribution in [2.24, 2.45) is 11.8 Å². The van der Waals surface area contributed by atoms with Crippen LogP contribution in [0.4, 0.5) is 0 Å². The second kappa shape index (κ2) is 4.39. The molecule has 2 rings (SSSR count). The first-order chi connectivity index (χ1) is 8.45. The summed E-state index contributed by atoms with van der Waals surface area (Å²) in [5.74, 6) is -0.473. The number of nitrogens with zero attached hydrogens (tertiary/aromatic N) is 1. The van der Waals surface area contributed by atoms with Crippen LogP contribution in [-0.2, 0) is 19.1 Å². The van der Waals surface area contributed by atoms with Gasteiger partial charge in [0.15, 0.2) is 0 Å². The van der Waals surface area contributed by atoms with Crippen LogP contribution in [0.1, 0.15) is 20.8 Å². The first-order valence-electron chi connectivity index (χ1n) is 6.10. The van der Waals surface area contributed by atoms with Gasteiger partial charge in [0.1, 0.15) is 5.70 Å². The Bertz CT molecular complexity index is 429. The number of methoxy groups -OCH3 is 2. The minimum absolute atomic E-state index is 0.0292. The summed E-state index contributed by atoms with van der Waals surface area (Å²) >= 11 is 0. The Labute approximate surface area is 107 Å². The Hall–Kier alpha value is -1.36. The summed E-state index contributed by atoms with van der Waals surface area (Å²) in [5, 5.41) is 0. The molecular formula is C13H19NO4. The van der Waals surface area contributed by atoms with Crippen molar-refractivity contribution >= 4 is 11.9 Å². The summed E-state index contributed by atoms with van der Waals surface area (Å²) in [6, 6.07) is 0.0292. The summed E-state index contributed by atoms with van der Waals surface area (Å²) in [6.45, 7) is 5.81. The van der Waals surface area contributed by atoms with Crippen LogP contribution in [-0.4, -0.2) is 43.1 Å². The number of carbonyl (C=O) groups excluding carboxylic acids is 2. The van der Waals surface area contributed by atoms with Crippen LogP contribution in [0.15, 0.2) is 11.3 Å². The number of β-lactam (4-membered cyclic amide) rings is 1. The lowest BCUT2D eigenvalue weighted by atomic mass is 9.78. The molecule has 0 spiro atoms. The number of esters is 1. The smallest absolute Gasteiger partial charge is 0.354 e. The molecule has 2 aliphatic rings. The monoisotopic (exact) mass is 253 g/mol. The highest BCUT2D eigenvalue weighted by Crippen LogP contribution is 2.47. The average molecular weight is 253 g/mol. The molecule has 5 heteroatoms. The van der Waals surface area contributed by atoms with Gasteiger partial charge in [-0.3, -0.25) is 4.79 Å². The zero-order valence-corrected chi connectivity index (χ0v) is 11.4. The van der Waals surface area contributed by atoms with Gasteiger partial charge in [0.2, 0.25) is 5.91 Å². The Kier molecular flexibility index (Phi) is 3.19. The van der Waals surface area contributed by atoms with E-state index in [0.717, 1.165) is 5.57 Å². The molecule has 2 aliphatic heterocycles. The molecule has 2 heterocycles. The van der Waals surface area contributed by atoms with Crippen molar-refractivity contribution in [3.05, 3.63) is 11.3 Å². The van der Waals surface area contributed by atoms with Crippen molar-refractivity contribution in [3.8, 4) is 0 Å². The van der Waals surface area contributed by atoms with E-state index in [-0.39, 0.29) is 29.9 Å². The normalized spacial score (nSPS) is 32.2. The van der Waals surface area contributed by atoms with Gasteiger partial charge in [0.05, 0.1) is 25.2 Å². The standard InChI is InChI=1S/C13H19NO4/c1-6-7(2)11(13(16)18-5)14-10(6)9(12(14)15)8(3)17-4/h6,8-10H,1-5H3/t6-,8?,9?,10?/m0/s1. The van der Waals surface area contributed by atoms with Gasteiger partial charge in [-0.2, -0.15) is 0 Å². The van der Waals surface area contributed by atoms with Crippen molar-refractivity contribution in [2.45, 2.75) is 32.9 Å². The quantitative estimate of drug-likeness (QED) is 0.555. The van der Waals surface area contributed by atoms with Crippen molar-refractivity contribution in [3.63, 3.8) is 0 Å². The van der Waals surface area contributed by atoms with Crippen molar-refractivity contribution in [2.75, 3.05) is 14.2 Å². The van der Waals surface area contributed by atoms with Gasteiger partial charge in [0.25, 0.3) is 0 Å². The maximum atomic E-state index is 12.2. The van der Waals surface area contributed by atoms with E-state index in [1.54, 1.807) is 12.0 Å². The first kappa shape index (κ1) is 13.1. The molecule has 0 aromatic carbocycles. The predicted molar refractivity (Wildman–Crippen MR) is 64.5 cm³/mol. The molecule has 100 valence electrons. The molecule has 18 heavy (non-hydrogen) atoms. The second-order valence-electron chi connectivity index (χ2n) is 4.98. The number of hydrogen-bond donors (Lipinski definition) is 0. The van der Waals surface area contributed by atoms with Gasteiger partial charge in [-0.15, -0.1) is 0 Å². The molecule has 4 atom stereocenters. The largest absolute Gasteiger partial charge is 0.464 e. The fourth-order valence-electron chi connectivity index (χ4n) is 2.97. The number of ether oxygens (including phenoxy) is 2. The number of rotatable bonds is 3. The summed E-state index contributed by atoms with van der Waals surface area (Å²) in [7, 11) is 2.93. The Balaban J connectivity index is 2.30. The fraction of sp³-hybridized carbons (Fsp3) is 0.692. The van der Waals surface area contributed by atoms with Gasteiger partial charge < -0.3 is 14.4 Å². The van der Waals surface area contributed by atoms with Crippen molar-refractivity contribution in [1.82, 2.24) is 4.90 Å². The van der Waals surface area contributed by atoms with E-state index < -0.39 is 5.97 Å². The zero-order valence-electron chi connectivity index (χ0n) is 11.4. The van der Waals surface area contributed by atoms with Crippen LogP contribution in [0.25, 0.3) is 0 Å². The van der Waals surface area contributed by atoms with Crippen molar-refractivity contribution < 1.29 is 19.1 Å². The van der Waals surface area contributed by atoms with Gasteiger partial charge >= 0.3 is 5.97 Å². The van der Waals surface area contributed by atoms with Gasteiger partial charge in [0, 0.05) is 13.0 Å². The molecule has 3 unspecified atom stereocenters. The summed E-state index contributed by atoms with van der Waals surface area (Å²) in [6.07, 6.45) is -0.133. The van der Waals surface area contributed by atoms with E-state index in [4.69, 9.17) is 9.47 Å². The predicted octanol–water partition coefficient (Wildman–Crippen LogP) is 0.945. The lowest BCUT2D eigenvalue weighted by Crippen LogP contribution is -2.63. The SMILES string of the molecule is COC(=O)C1=C(C)[C@H](C)C2C(C(C)OC)C(=O)N12. The minimum atomic E-state index is -0.432.